The second kappa shape index (κ2) is 9.07. The number of nitrogens with one attached hydrogen (secondary N) is 1. The molecule has 0 bridgehead atoms. The highest BCUT2D eigenvalue weighted by atomic mass is 16.6. The molecule has 2 amide bonds. The highest BCUT2D eigenvalue weighted by molar-refractivity contribution is 6.06. The van der Waals surface area contributed by atoms with E-state index in [1.807, 2.05) is 0 Å². The predicted molar refractivity (Wildman–Crippen MR) is 83.2 cm³/mol. The van der Waals surface area contributed by atoms with Crippen LogP contribution in [0.5, 0.6) is 5.75 Å². The summed E-state index contributed by atoms with van der Waals surface area (Å²) < 4.78 is 4.83. The molecule has 0 spiro atoms. The number of carbonyl (C=O) groups is 2. The molecule has 0 unspecified atom stereocenters. The zero-order chi connectivity index (χ0) is 17.2. The molecule has 0 radical (unpaired) electrons. The van der Waals surface area contributed by atoms with Gasteiger partial charge in [-0.05, 0) is 19.1 Å². The van der Waals surface area contributed by atoms with Crippen LogP contribution in [0.25, 0.3) is 0 Å². The molecule has 0 saturated carbocycles. The number of carbonyl (C=O) groups excluding carboxylic acids is 2. The van der Waals surface area contributed by atoms with Gasteiger partial charge in [-0.15, -0.1) is 0 Å². The van der Waals surface area contributed by atoms with E-state index in [2.05, 4.69) is 5.32 Å². The first-order chi connectivity index (χ1) is 11.0. The van der Waals surface area contributed by atoms with Crippen molar-refractivity contribution in [2.75, 3.05) is 25.0 Å². The van der Waals surface area contributed by atoms with Crippen LogP contribution in [0, 0.1) is 11.3 Å². The maximum absolute atomic E-state index is 12.1. The Morgan fingerprint density at radius 2 is 2.26 bits per heavy atom. The fourth-order valence-corrected chi connectivity index (χ4v) is 1.63. The number of nitrogens with zero attached hydrogens (tertiary/aromatic N) is 2. The van der Waals surface area contributed by atoms with Crippen molar-refractivity contribution in [3.8, 4) is 11.8 Å². The van der Waals surface area contributed by atoms with Gasteiger partial charge in [0.1, 0.15) is 17.4 Å². The number of hydrogen-bond donors (Lipinski definition) is 3. The number of rotatable bonds is 6. The van der Waals surface area contributed by atoms with Crippen molar-refractivity contribution < 1.29 is 19.4 Å². The Bertz CT molecular complexity index is 637. The summed E-state index contributed by atoms with van der Waals surface area (Å²) in [6, 6.07) is 7.59. The minimum atomic E-state index is -0.718. The van der Waals surface area contributed by atoms with Crippen molar-refractivity contribution in [2.45, 2.75) is 6.92 Å². The van der Waals surface area contributed by atoms with Crippen LogP contribution in [0.2, 0.25) is 0 Å². The fourth-order valence-electron chi connectivity index (χ4n) is 1.63. The first kappa shape index (κ1) is 18.0. The number of nitriles is 1. The van der Waals surface area contributed by atoms with Crippen LogP contribution in [-0.2, 0) is 9.53 Å². The zero-order valence-electron chi connectivity index (χ0n) is 12.7. The Morgan fingerprint density at radius 1 is 1.52 bits per heavy atom. The van der Waals surface area contributed by atoms with Gasteiger partial charge in [-0.2, -0.15) is 5.26 Å². The van der Waals surface area contributed by atoms with E-state index in [0.29, 0.717) is 5.69 Å². The molecule has 122 valence electrons. The number of benzene rings is 1. The van der Waals surface area contributed by atoms with Crippen molar-refractivity contribution in [3.63, 3.8) is 0 Å². The van der Waals surface area contributed by atoms with E-state index in [1.54, 1.807) is 25.1 Å². The maximum Gasteiger partial charge on any atom is 0.413 e. The maximum atomic E-state index is 12.1. The lowest BCUT2D eigenvalue weighted by molar-refractivity contribution is -0.112. The Hall–Kier alpha value is -3.05. The third kappa shape index (κ3) is 5.68. The van der Waals surface area contributed by atoms with Crippen LogP contribution in [0.15, 0.2) is 36.0 Å². The van der Waals surface area contributed by atoms with Crippen LogP contribution < -0.4 is 11.1 Å². The molecule has 8 nitrogen and oxygen atoms in total. The van der Waals surface area contributed by atoms with Gasteiger partial charge in [0.2, 0.25) is 0 Å². The van der Waals surface area contributed by atoms with Crippen LogP contribution in [0.3, 0.4) is 0 Å². The van der Waals surface area contributed by atoms with E-state index in [4.69, 9.17) is 15.7 Å². The highest BCUT2D eigenvalue weighted by Gasteiger charge is 2.16. The monoisotopic (exact) mass is 318 g/mol. The van der Waals surface area contributed by atoms with Gasteiger partial charge < -0.3 is 20.9 Å². The average molecular weight is 318 g/mol. The lowest BCUT2D eigenvalue weighted by atomic mass is 10.2. The molecule has 0 aliphatic heterocycles. The number of ether oxygens (including phenoxy) is 1. The molecule has 0 fully saturated rings. The number of amides is 2. The van der Waals surface area contributed by atoms with Gasteiger partial charge in [0.05, 0.1) is 6.61 Å². The van der Waals surface area contributed by atoms with E-state index < -0.39 is 12.0 Å². The molecular formula is C15H18N4O4. The summed E-state index contributed by atoms with van der Waals surface area (Å²) >= 11 is 0. The van der Waals surface area contributed by atoms with Crippen molar-refractivity contribution in [2.24, 2.45) is 5.73 Å². The lowest BCUT2D eigenvalue weighted by Crippen LogP contribution is -2.32. The molecule has 0 aliphatic carbocycles. The van der Waals surface area contributed by atoms with Crippen molar-refractivity contribution in [1.29, 1.82) is 5.26 Å². The Balaban J connectivity index is 2.92. The Labute approximate surface area is 133 Å². The van der Waals surface area contributed by atoms with E-state index in [9.17, 15) is 14.7 Å². The predicted octanol–water partition coefficient (Wildman–Crippen LogP) is 1.16. The third-order valence-electron chi connectivity index (χ3n) is 2.63. The SMILES string of the molecule is CCOC(=O)N(/C=C(/C#N)C(=O)Nc1cccc(O)c1)CCN. The Morgan fingerprint density at radius 3 is 2.83 bits per heavy atom. The second-order valence-electron chi connectivity index (χ2n) is 4.34. The first-order valence-electron chi connectivity index (χ1n) is 6.87. The molecule has 0 atom stereocenters. The van der Waals surface area contributed by atoms with Crippen LogP contribution in [-0.4, -0.2) is 41.7 Å². The number of aromatic hydroxyl groups is 1. The summed E-state index contributed by atoms with van der Waals surface area (Å²) in [5.74, 6) is -0.744. The fraction of sp³-hybridized carbons (Fsp3) is 0.267. The van der Waals surface area contributed by atoms with Gasteiger partial charge >= 0.3 is 6.09 Å². The van der Waals surface area contributed by atoms with Crippen LogP contribution >= 0.6 is 0 Å². The molecule has 0 aliphatic rings. The Kier molecular flexibility index (Phi) is 7.10. The van der Waals surface area contributed by atoms with E-state index >= 15 is 0 Å². The summed E-state index contributed by atoms with van der Waals surface area (Å²) in [5, 5.41) is 20.9. The van der Waals surface area contributed by atoms with Gasteiger partial charge in [0.25, 0.3) is 5.91 Å². The normalized spacial score (nSPS) is 10.6. The quantitative estimate of drug-likeness (QED) is 0.533. The summed E-state index contributed by atoms with van der Waals surface area (Å²) in [7, 11) is 0. The standard InChI is InChI=1S/C15H18N4O4/c1-2-23-15(22)19(7-6-16)10-11(9-17)14(21)18-12-4-3-5-13(20)8-12/h3-5,8,10,20H,2,6-7,16H2,1H3,(H,18,21)/b11-10-. The van der Waals surface area contributed by atoms with Crippen molar-refractivity contribution >= 4 is 17.7 Å². The molecule has 1 aromatic carbocycles. The van der Waals surface area contributed by atoms with Crippen molar-refractivity contribution in [3.05, 3.63) is 36.0 Å². The third-order valence-corrected chi connectivity index (χ3v) is 2.63. The summed E-state index contributed by atoms with van der Waals surface area (Å²) in [4.78, 5) is 24.9. The van der Waals surface area contributed by atoms with Gasteiger partial charge in [0, 0.05) is 31.0 Å². The van der Waals surface area contributed by atoms with Crippen LogP contribution in [0.1, 0.15) is 6.92 Å². The molecule has 1 rings (SSSR count). The molecule has 1 aromatic rings. The lowest BCUT2D eigenvalue weighted by Gasteiger charge is -2.17. The largest absolute Gasteiger partial charge is 0.508 e. The van der Waals surface area contributed by atoms with E-state index in [0.717, 1.165) is 11.1 Å². The summed E-state index contributed by atoms with van der Waals surface area (Å²) in [6.45, 7) is 2.04. The van der Waals surface area contributed by atoms with Gasteiger partial charge in [-0.1, -0.05) is 6.07 Å². The van der Waals surface area contributed by atoms with Gasteiger partial charge in [-0.3, -0.25) is 9.69 Å². The first-order valence-corrected chi connectivity index (χ1v) is 6.87. The minimum absolute atomic E-state index is 0.0263. The number of anilines is 1. The van der Waals surface area contributed by atoms with E-state index in [-0.39, 0.29) is 31.0 Å². The van der Waals surface area contributed by atoms with Gasteiger partial charge in [-0.25, -0.2) is 4.79 Å². The van der Waals surface area contributed by atoms with E-state index in [1.165, 1.54) is 12.1 Å². The molecule has 23 heavy (non-hydrogen) atoms. The highest BCUT2D eigenvalue weighted by Crippen LogP contribution is 2.16. The smallest absolute Gasteiger partial charge is 0.413 e. The zero-order valence-corrected chi connectivity index (χ0v) is 12.7. The van der Waals surface area contributed by atoms with Crippen LogP contribution in [0.4, 0.5) is 10.5 Å². The second-order valence-corrected chi connectivity index (χ2v) is 4.34. The molecule has 0 heterocycles. The molecule has 0 aromatic heterocycles. The number of hydrogen-bond acceptors (Lipinski definition) is 6. The number of nitrogens with two attached hydrogens (primary N) is 1. The minimum Gasteiger partial charge on any atom is -0.508 e. The molecule has 4 N–H and O–H groups in total. The molecule has 0 saturated heterocycles. The number of phenols is 1. The summed E-state index contributed by atoms with van der Waals surface area (Å²) in [6.07, 6.45) is 0.388. The van der Waals surface area contributed by atoms with Crippen molar-refractivity contribution in [1.82, 2.24) is 4.90 Å². The number of phenolic OH excluding ortho intramolecular Hbond substituents is 1. The average Bonchev–Trinajstić information content (AvgIpc) is 2.51. The van der Waals surface area contributed by atoms with Gasteiger partial charge in [0.15, 0.2) is 0 Å². The molecule has 8 heteroatoms. The summed E-state index contributed by atoms with van der Waals surface area (Å²) in [5.41, 5.74) is 5.43. The molecular weight excluding hydrogens is 300 g/mol. The topological polar surface area (TPSA) is 129 Å².